The van der Waals surface area contributed by atoms with E-state index in [9.17, 15) is 4.79 Å². The van der Waals surface area contributed by atoms with Crippen LogP contribution in [0.15, 0.2) is 24.5 Å². The lowest BCUT2D eigenvalue weighted by Gasteiger charge is -2.08. The standard InChI is InChI=1S/C13H14N2O3/c1-8-3-4-11(18-2)9(5-8)13-10(6-12(16)17)14-7-15-13/h3-5,7H,6H2,1-2H3,(H,14,15)(H,16,17). The van der Waals surface area contributed by atoms with Gasteiger partial charge in [-0.05, 0) is 19.1 Å². The molecule has 0 aliphatic heterocycles. The summed E-state index contributed by atoms with van der Waals surface area (Å²) in [6.07, 6.45) is 1.40. The molecule has 0 saturated heterocycles. The number of benzene rings is 1. The van der Waals surface area contributed by atoms with Crippen LogP contribution >= 0.6 is 0 Å². The quantitative estimate of drug-likeness (QED) is 0.865. The molecule has 2 aromatic rings. The Bertz CT molecular complexity index is 575. The number of H-pyrrole nitrogens is 1. The number of aliphatic carboxylic acids is 1. The molecular weight excluding hydrogens is 232 g/mol. The average Bonchev–Trinajstić information content (AvgIpc) is 2.76. The summed E-state index contributed by atoms with van der Waals surface area (Å²) in [5.41, 5.74) is 3.06. The van der Waals surface area contributed by atoms with Crippen LogP contribution in [0.1, 0.15) is 11.3 Å². The smallest absolute Gasteiger partial charge is 0.309 e. The van der Waals surface area contributed by atoms with Crippen LogP contribution in [-0.4, -0.2) is 28.2 Å². The van der Waals surface area contributed by atoms with Crippen LogP contribution in [0.2, 0.25) is 0 Å². The van der Waals surface area contributed by atoms with Gasteiger partial charge in [0.1, 0.15) is 5.75 Å². The van der Waals surface area contributed by atoms with E-state index in [1.807, 2.05) is 25.1 Å². The number of aromatic amines is 1. The van der Waals surface area contributed by atoms with Crippen LogP contribution in [0.5, 0.6) is 5.75 Å². The maximum atomic E-state index is 10.8. The first kappa shape index (κ1) is 12.2. The van der Waals surface area contributed by atoms with Gasteiger partial charge in [-0.2, -0.15) is 0 Å². The Kier molecular flexibility index (Phi) is 3.32. The van der Waals surface area contributed by atoms with Crippen molar-refractivity contribution in [1.82, 2.24) is 9.97 Å². The van der Waals surface area contributed by atoms with Crippen molar-refractivity contribution < 1.29 is 14.6 Å². The summed E-state index contributed by atoms with van der Waals surface area (Å²) in [5.74, 6) is -0.216. The molecule has 1 heterocycles. The van der Waals surface area contributed by atoms with Gasteiger partial charge < -0.3 is 14.8 Å². The summed E-state index contributed by atoms with van der Waals surface area (Å²) in [4.78, 5) is 17.8. The third-order valence-electron chi connectivity index (χ3n) is 2.66. The van der Waals surface area contributed by atoms with Crippen molar-refractivity contribution in [2.45, 2.75) is 13.3 Å². The van der Waals surface area contributed by atoms with Crippen molar-refractivity contribution in [3.8, 4) is 17.0 Å². The number of ether oxygens (including phenoxy) is 1. The molecule has 1 aromatic heterocycles. The maximum absolute atomic E-state index is 10.8. The summed E-state index contributed by atoms with van der Waals surface area (Å²) < 4.78 is 5.28. The van der Waals surface area contributed by atoms with Gasteiger partial charge in [-0.15, -0.1) is 0 Å². The molecule has 0 radical (unpaired) electrons. The van der Waals surface area contributed by atoms with E-state index < -0.39 is 5.97 Å². The SMILES string of the molecule is COc1ccc(C)cc1-c1nc[nH]c1CC(=O)O. The third-order valence-corrected chi connectivity index (χ3v) is 2.66. The second-order valence-electron chi connectivity index (χ2n) is 4.00. The van der Waals surface area contributed by atoms with E-state index in [1.54, 1.807) is 7.11 Å². The number of nitrogens with one attached hydrogen (secondary N) is 1. The Hall–Kier alpha value is -2.30. The van der Waals surface area contributed by atoms with E-state index in [0.717, 1.165) is 11.1 Å². The first-order valence-electron chi connectivity index (χ1n) is 5.51. The molecule has 0 atom stereocenters. The zero-order chi connectivity index (χ0) is 13.1. The highest BCUT2D eigenvalue weighted by molar-refractivity contribution is 5.76. The fourth-order valence-corrected chi connectivity index (χ4v) is 1.85. The van der Waals surface area contributed by atoms with Gasteiger partial charge in [-0.25, -0.2) is 4.98 Å². The van der Waals surface area contributed by atoms with Gasteiger partial charge in [0, 0.05) is 5.56 Å². The highest BCUT2D eigenvalue weighted by atomic mass is 16.5. The summed E-state index contributed by atoms with van der Waals surface area (Å²) in [7, 11) is 1.58. The number of carboxylic acids is 1. The van der Waals surface area contributed by atoms with Gasteiger partial charge in [-0.3, -0.25) is 4.79 Å². The molecule has 18 heavy (non-hydrogen) atoms. The van der Waals surface area contributed by atoms with E-state index in [2.05, 4.69) is 9.97 Å². The van der Waals surface area contributed by atoms with Gasteiger partial charge >= 0.3 is 5.97 Å². The first-order valence-corrected chi connectivity index (χ1v) is 5.51. The van der Waals surface area contributed by atoms with Crippen LogP contribution in [0.3, 0.4) is 0 Å². The fourth-order valence-electron chi connectivity index (χ4n) is 1.85. The average molecular weight is 246 g/mol. The molecule has 2 rings (SSSR count). The molecule has 5 nitrogen and oxygen atoms in total. The van der Waals surface area contributed by atoms with Crippen molar-refractivity contribution in [1.29, 1.82) is 0 Å². The molecule has 0 spiro atoms. The van der Waals surface area contributed by atoms with Crippen LogP contribution in [0.4, 0.5) is 0 Å². The number of imidazole rings is 1. The number of hydrogen-bond donors (Lipinski definition) is 2. The van der Waals surface area contributed by atoms with Crippen LogP contribution in [0, 0.1) is 6.92 Å². The molecule has 0 fully saturated rings. The normalized spacial score (nSPS) is 10.3. The number of hydrogen-bond acceptors (Lipinski definition) is 3. The number of rotatable bonds is 4. The van der Waals surface area contributed by atoms with Gasteiger partial charge in [0.05, 0.1) is 31.2 Å². The number of aromatic nitrogens is 2. The van der Waals surface area contributed by atoms with Crippen molar-refractivity contribution in [3.05, 3.63) is 35.8 Å². The van der Waals surface area contributed by atoms with Crippen molar-refractivity contribution in [3.63, 3.8) is 0 Å². The lowest BCUT2D eigenvalue weighted by Crippen LogP contribution is -2.02. The summed E-state index contributed by atoms with van der Waals surface area (Å²) in [6, 6.07) is 5.72. The summed E-state index contributed by atoms with van der Waals surface area (Å²) >= 11 is 0. The topological polar surface area (TPSA) is 75.2 Å². The minimum Gasteiger partial charge on any atom is -0.496 e. The molecule has 0 aliphatic rings. The zero-order valence-corrected chi connectivity index (χ0v) is 10.2. The Balaban J connectivity index is 2.51. The Labute approximate surface area is 104 Å². The maximum Gasteiger partial charge on any atom is 0.309 e. The molecule has 0 bridgehead atoms. The van der Waals surface area contributed by atoms with Crippen LogP contribution < -0.4 is 4.74 Å². The highest BCUT2D eigenvalue weighted by Gasteiger charge is 2.15. The Morgan fingerprint density at radius 2 is 2.28 bits per heavy atom. The number of carbonyl (C=O) groups is 1. The zero-order valence-electron chi connectivity index (χ0n) is 10.2. The second-order valence-corrected chi connectivity index (χ2v) is 4.00. The molecule has 0 amide bonds. The van der Waals surface area contributed by atoms with E-state index >= 15 is 0 Å². The van der Waals surface area contributed by atoms with Crippen LogP contribution in [0.25, 0.3) is 11.3 Å². The largest absolute Gasteiger partial charge is 0.496 e. The molecule has 0 saturated carbocycles. The predicted octanol–water partition coefficient (Wildman–Crippen LogP) is 2.02. The number of carboxylic acid groups (broad SMARTS) is 1. The number of methoxy groups -OCH3 is 1. The first-order chi connectivity index (χ1) is 8.61. The van der Waals surface area contributed by atoms with E-state index in [4.69, 9.17) is 9.84 Å². The minimum absolute atomic E-state index is 0.0908. The highest BCUT2D eigenvalue weighted by Crippen LogP contribution is 2.31. The third kappa shape index (κ3) is 2.34. The van der Waals surface area contributed by atoms with Crippen molar-refractivity contribution in [2.24, 2.45) is 0 Å². The minimum atomic E-state index is -0.896. The fraction of sp³-hybridized carbons (Fsp3) is 0.231. The Morgan fingerprint density at radius 1 is 1.50 bits per heavy atom. The molecule has 0 unspecified atom stereocenters. The second kappa shape index (κ2) is 4.91. The van der Waals surface area contributed by atoms with Gasteiger partial charge in [0.2, 0.25) is 0 Å². The molecule has 1 aromatic carbocycles. The monoisotopic (exact) mass is 246 g/mol. The summed E-state index contributed by atoms with van der Waals surface area (Å²) in [5, 5.41) is 8.86. The molecule has 94 valence electrons. The van der Waals surface area contributed by atoms with E-state index in [-0.39, 0.29) is 6.42 Å². The summed E-state index contributed by atoms with van der Waals surface area (Å²) in [6.45, 7) is 1.96. The lowest BCUT2D eigenvalue weighted by atomic mass is 10.0. The van der Waals surface area contributed by atoms with Gasteiger partial charge in [-0.1, -0.05) is 11.6 Å². The van der Waals surface area contributed by atoms with Crippen molar-refractivity contribution >= 4 is 5.97 Å². The number of aryl methyl sites for hydroxylation is 1. The number of nitrogens with zero attached hydrogens (tertiary/aromatic N) is 1. The molecule has 5 heteroatoms. The molecule has 2 N–H and O–H groups in total. The molecular formula is C13H14N2O3. The van der Waals surface area contributed by atoms with Crippen molar-refractivity contribution in [2.75, 3.05) is 7.11 Å². The predicted molar refractivity (Wildman–Crippen MR) is 66.7 cm³/mol. The lowest BCUT2D eigenvalue weighted by molar-refractivity contribution is -0.136. The van der Waals surface area contributed by atoms with E-state index in [1.165, 1.54) is 6.33 Å². The Morgan fingerprint density at radius 3 is 2.94 bits per heavy atom. The van der Waals surface area contributed by atoms with Gasteiger partial charge in [0.15, 0.2) is 0 Å². The van der Waals surface area contributed by atoms with E-state index in [0.29, 0.717) is 17.1 Å². The molecule has 0 aliphatic carbocycles. The van der Waals surface area contributed by atoms with Gasteiger partial charge in [0.25, 0.3) is 0 Å². The van der Waals surface area contributed by atoms with Crippen LogP contribution in [-0.2, 0) is 11.2 Å².